The first-order valence-corrected chi connectivity index (χ1v) is 5.72. The van der Waals surface area contributed by atoms with Gasteiger partial charge in [-0.1, -0.05) is 12.1 Å². The molecular formula is C13H14N4O2. The van der Waals surface area contributed by atoms with Crippen molar-refractivity contribution in [2.75, 3.05) is 12.8 Å². The molecule has 1 heterocycles. The SMILES string of the molecule is CN(Cc1ccc(N)cc1)C(=O)c1ccc(=O)[nH]n1. The molecule has 2 rings (SSSR count). The summed E-state index contributed by atoms with van der Waals surface area (Å²) in [6.07, 6.45) is 0. The van der Waals surface area contributed by atoms with Crippen LogP contribution in [0.1, 0.15) is 16.1 Å². The van der Waals surface area contributed by atoms with E-state index < -0.39 is 0 Å². The number of aromatic amines is 1. The van der Waals surface area contributed by atoms with Crippen LogP contribution in [-0.2, 0) is 6.54 Å². The van der Waals surface area contributed by atoms with Crippen LogP contribution in [-0.4, -0.2) is 28.1 Å². The van der Waals surface area contributed by atoms with Gasteiger partial charge in [0.25, 0.3) is 11.5 Å². The zero-order chi connectivity index (χ0) is 13.8. The highest BCUT2D eigenvalue weighted by Crippen LogP contribution is 2.09. The molecule has 2 aromatic rings. The number of hydrogen-bond donors (Lipinski definition) is 2. The van der Waals surface area contributed by atoms with Crippen molar-refractivity contribution >= 4 is 11.6 Å². The minimum Gasteiger partial charge on any atom is -0.399 e. The summed E-state index contributed by atoms with van der Waals surface area (Å²) in [5.41, 5.74) is 7.12. The molecule has 0 saturated heterocycles. The second-order valence-corrected chi connectivity index (χ2v) is 4.21. The minimum atomic E-state index is -0.335. The smallest absolute Gasteiger partial charge is 0.274 e. The highest BCUT2D eigenvalue weighted by atomic mass is 16.2. The summed E-state index contributed by atoms with van der Waals surface area (Å²) >= 11 is 0. The topological polar surface area (TPSA) is 92.1 Å². The third-order valence-electron chi connectivity index (χ3n) is 2.64. The Morgan fingerprint density at radius 3 is 2.53 bits per heavy atom. The summed E-state index contributed by atoms with van der Waals surface area (Å²) in [5, 5.41) is 5.94. The monoisotopic (exact) mass is 258 g/mol. The van der Waals surface area contributed by atoms with Gasteiger partial charge in [0.05, 0.1) is 0 Å². The average molecular weight is 258 g/mol. The molecule has 3 N–H and O–H groups in total. The Balaban J connectivity index is 2.09. The summed E-state index contributed by atoms with van der Waals surface area (Å²) in [5.74, 6) is -0.256. The summed E-state index contributed by atoms with van der Waals surface area (Å²) < 4.78 is 0. The van der Waals surface area contributed by atoms with Crippen molar-refractivity contribution in [1.82, 2.24) is 15.1 Å². The van der Waals surface area contributed by atoms with Crippen molar-refractivity contribution in [3.63, 3.8) is 0 Å². The zero-order valence-electron chi connectivity index (χ0n) is 10.5. The molecule has 0 spiro atoms. The van der Waals surface area contributed by atoms with Crippen molar-refractivity contribution in [2.45, 2.75) is 6.54 Å². The van der Waals surface area contributed by atoms with Gasteiger partial charge >= 0.3 is 0 Å². The molecule has 1 amide bonds. The zero-order valence-corrected chi connectivity index (χ0v) is 10.5. The number of aromatic nitrogens is 2. The quantitative estimate of drug-likeness (QED) is 0.789. The maximum Gasteiger partial charge on any atom is 0.274 e. The molecule has 6 heteroatoms. The fourth-order valence-electron chi connectivity index (χ4n) is 1.63. The first kappa shape index (κ1) is 12.8. The van der Waals surface area contributed by atoms with E-state index in [9.17, 15) is 9.59 Å². The van der Waals surface area contributed by atoms with E-state index in [0.717, 1.165) is 5.56 Å². The van der Waals surface area contributed by atoms with Crippen LogP contribution in [0.4, 0.5) is 5.69 Å². The molecular weight excluding hydrogens is 244 g/mol. The molecule has 0 atom stereocenters. The van der Waals surface area contributed by atoms with E-state index in [1.165, 1.54) is 17.0 Å². The van der Waals surface area contributed by atoms with E-state index >= 15 is 0 Å². The molecule has 6 nitrogen and oxygen atoms in total. The number of hydrogen-bond acceptors (Lipinski definition) is 4. The lowest BCUT2D eigenvalue weighted by atomic mass is 10.2. The Labute approximate surface area is 109 Å². The highest BCUT2D eigenvalue weighted by molar-refractivity contribution is 5.91. The molecule has 19 heavy (non-hydrogen) atoms. The third-order valence-corrected chi connectivity index (χ3v) is 2.64. The molecule has 0 aliphatic rings. The maximum absolute atomic E-state index is 12.0. The molecule has 1 aromatic heterocycles. The molecule has 0 aliphatic heterocycles. The number of H-pyrrole nitrogens is 1. The third kappa shape index (κ3) is 3.19. The van der Waals surface area contributed by atoms with Gasteiger partial charge in [-0.15, -0.1) is 0 Å². The number of nitrogens with two attached hydrogens (primary N) is 1. The standard InChI is InChI=1S/C13H14N4O2/c1-17(8-9-2-4-10(14)5-3-9)13(19)11-6-7-12(18)16-15-11/h2-7H,8,14H2,1H3,(H,16,18). The second kappa shape index (κ2) is 5.34. The second-order valence-electron chi connectivity index (χ2n) is 4.21. The van der Waals surface area contributed by atoms with Crippen molar-refractivity contribution in [3.8, 4) is 0 Å². The maximum atomic E-state index is 12.0. The Morgan fingerprint density at radius 1 is 1.26 bits per heavy atom. The van der Waals surface area contributed by atoms with Gasteiger partial charge in [0.15, 0.2) is 0 Å². The largest absolute Gasteiger partial charge is 0.399 e. The van der Waals surface area contributed by atoms with Crippen LogP contribution >= 0.6 is 0 Å². The number of carbonyl (C=O) groups excluding carboxylic acids is 1. The van der Waals surface area contributed by atoms with Crippen molar-refractivity contribution in [2.24, 2.45) is 0 Å². The van der Waals surface area contributed by atoms with Crippen LogP contribution in [0, 0.1) is 0 Å². The van der Waals surface area contributed by atoms with E-state index in [2.05, 4.69) is 10.2 Å². The number of anilines is 1. The van der Waals surface area contributed by atoms with E-state index in [4.69, 9.17) is 5.73 Å². The molecule has 0 bridgehead atoms. The van der Waals surface area contributed by atoms with Crippen molar-refractivity contribution in [3.05, 3.63) is 58.0 Å². The fraction of sp³-hybridized carbons (Fsp3) is 0.154. The van der Waals surface area contributed by atoms with Crippen LogP contribution in [0.2, 0.25) is 0 Å². The van der Waals surface area contributed by atoms with E-state index in [1.54, 1.807) is 19.2 Å². The Bertz CT molecular complexity index is 613. The van der Waals surface area contributed by atoms with Gasteiger partial charge in [0.2, 0.25) is 0 Å². The minimum absolute atomic E-state index is 0.206. The summed E-state index contributed by atoms with van der Waals surface area (Å²) in [7, 11) is 1.67. The van der Waals surface area contributed by atoms with Gasteiger partial charge < -0.3 is 10.6 Å². The van der Waals surface area contributed by atoms with E-state index in [-0.39, 0.29) is 17.2 Å². The average Bonchev–Trinajstić information content (AvgIpc) is 2.41. The predicted molar refractivity (Wildman–Crippen MR) is 71.5 cm³/mol. The summed E-state index contributed by atoms with van der Waals surface area (Å²) in [6, 6.07) is 9.97. The van der Waals surface area contributed by atoms with Crippen LogP contribution in [0.5, 0.6) is 0 Å². The Hall–Kier alpha value is -2.63. The molecule has 98 valence electrons. The highest BCUT2D eigenvalue weighted by Gasteiger charge is 2.13. The number of amides is 1. The van der Waals surface area contributed by atoms with Crippen LogP contribution < -0.4 is 11.3 Å². The molecule has 0 fully saturated rings. The van der Waals surface area contributed by atoms with Crippen molar-refractivity contribution < 1.29 is 4.79 Å². The van der Waals surface area contributed by atoms with E-state index in [0.29, 0.717) is 12.2 Å². The number of rotatable bonds is 3. The molecule has 0 saturated carbocycles. The molecule has 0 radical (unpaired) electrons. The molecule has 0 unspecified atom stereocenters. The first-order chi connectivity index (χ1) is 9.06. The van der Waals surface area contributed by atoms with Crippen LogP contribution in [0.3, 0.4) is 0 Å². The number of nitrogens with one attached hydrogen (secondary N) is 1. The van der Waals surface area contributed by atoms with E-state index in [1.807, 2.05) is 12.1 Å². The lowest BCUT2D eigenvalue weighted by Crippen LogP contribution is -2.28. The lowest BCUT2D eigenvalue weighted by molar-refractivity contribution is 0.0778. The van der Waals surface area contributed by atoms with Gasteiger partial charge in [0.1, 0.15) is 5.69 Å². The normalized spacial score (nSPS) is 10.2. The number of benzene rings is 1. The van der Waals surface area contributed by atoms with Crippen molar-refractivity contribution in [1.29, 1.82) is 0 Å². The summed E-state index contributed by atoms with van der Waals surface area (Å²) in [6.45, 7) is 0.444. The number of nitrogens with zero attached hydrogens (tertiary/aromatic N) is 2. The lowest BCUT2D eigenvalue weighted by Gasteiger charge is -2.16. The fourth-order valence-corrected chi connectivity index (χ4v) is 1.63. The number of carbonyl (C=O) groups is 1. The predicted octanol–water partition coefficient (Wildman–Crippen LogP) is 0.624. The van der Waals surface area contributed by atoms with Gasteiger partial charge in [-0.05, 0) is 23.8 Å². The Kier molecular flexibility index (Phi) is 3.61. The van der Waals surface area contributed by atoms with Gasteiger partial charge in [0, 0.05) is 25.3 Å². The number of nitrogen functional groups attached to an aromatic ring is 1. The van der Waals surface area contributed by atoms with Gasteiger partial charge in [-0.3, -0.25) is 9.59 Å². The van der Waals surface area contributed by atoms with Gasteiger partial charge in [-0.2, -0.15) is 5.10 Å². The first-order valence-electron chi connectivity index (χ1n) is 5.72. The molecule has 0 aliphatic carbocycles. The summed E-state index contributed by atoms with van der Waals surface area (Å²) in [4.78, 5) is 24.4. The Morgan fingerprint density at radius 2 is 1.95 bits per heavy atom. The van der Waals surface area contributed by atoms with Crippen LogP contribution in [0.15, 0.2) is 41.2 Å². The van der Waals surface area contributed by atoms with Gasteiger partial charge in [-0.25, -0.2) is 5.10 Å². The molecule has 1 aromatic carbocycles. The van der Waals surface area contributed by atoms with Crippen LogP contribution in [0.25, 0.3) is 0 Å².